The summed E-state index contributed by atoms with van der Waals surface area (Å²) in [5.74, 6) is 0.818. The standard InChI is InChI=1S/C25H22F3N3O2S.C6H11F2N/c1-5-15(2)34-24(21-12-13-29-17(4)30-21)16(3)33-22-11-10-20(18-8-6-7-9-19(18)22)31-23(32)14-25(26,27)28;1-5-2-6(7,8)4-9-3-5/h1,6-13,15H,14H2,2-4H3,(H,31,32);5,9H,2-4H2,1H3/b24-16+;. The van der Waals surface area contributed by atoms with Crippen LogP contribution < -0.4 is 15.4 Å². The molecule has 2 atom stereocenters. The summed E-state index contributed by atoms with van der Waals surface area (Å²) in [4.78, 5) is 21.2. The molecule has 4 rings (SSSR count). The number of ether oxygens (including phenoxy) is 1. The number of nitrogens with zero attached hydrogens (tertiary/aromatic N) is 2. The SMILES string of the molecule is C#CC(C)S/C(=C(\C)Oc1ccc(NC(=O)CC(F)(F)F)c2ccccc12)c1ccnc(C)n1.CC1CNCC(F)(F)C1. The molecular formula is C31H33F5N4O2S. The van der Waals surface area contributed by atoms with Crippen molar-refractivity contribution in [2.24, 2.45) is 5.92 Å². The number of carbonyl (C=O) groups is 1. The predicted molar refractivity (Wildman–Crippen MR) is 161 cm³/mol. The fraction of sp³-hybridized carbons (Fsp3) is 0.387. The summed E-state index contributed by atoms with van der Waals surface area (Å²) in [5.41, 5.74) is 0.929. The fourth-order valence-corrected chi connectivity index (χ4v) is 5.19. The van der Waals surface area contributed by atoms with E-state index in [1.54, 1.807) is 56.4 Å². The van der Waals surface area contributed by atoms with E-state index in [9.17, 15) is 26.7 Å². The summed E-state index contributed by atoms with van der Waals surface area (Å²) in [7, 11) is 0. The van der Waals surface area contributed by atoms with Crippen LogP contribution in [0.2, 0.25) is 0 Å². The van der Waals surface area contributed by atoms with E-state index >= 15 is 0 Å². The quantitative estimate of drug-likeness (QED) is 0.161. The molecule has 0 spiro atoms. The highest BCUT2D eigenvalue weighted by Crippen LogP contribution is 2.37. The summed E-state index contributed by atoms with van der Waals surface area (Å²) in [5, 5.41) is 6.04. The van der Waals surface area contributed by atoms with Gasteiger partial charge >= 0.3 is 6.18 Å². The number of nitrogens with one attached hydrogen (secondary N) is 2. The first-order chi connectivity index (χ1) is 20.2. The van der Waals surface area contributed by atoms with Crippen LogP contribution in [0.3, 0.4) is 0 Å². The molecule has 3 aromatic rings. The maximum Gasteiger partial charge on any atom is 0.397 e. The van der Waals surface area contributed by atoms with Crippen LogP contribution in [0.25, 0.3) is 15.7 Å². The molecule has 0 radical (unpaired) electrons. The van der Waals surface area contributed by atoms with E-state index in [1.165, 1.54) is 17.8 Å². The number of terminal acetylenes is 1. The molecule has 12 heteroatoms. The van der Waals surface area contributed by atoms with Crippen LogP contribution >= 0.6 is 11.8 Å². The molecule has 2 unspecified atom stereocenters. The van der Waals surface area contributed by atoms with Gasteiger partial charge < -0.3 is 15.4 Å². The number of amides is 1. The lowest BCUT2D eigenvalue weighted by Crippen LogP contribution is -2.42. The molecule has 230 valence electrons. The van der Waals surface area contributed by atoms with Gasteiger partial charge in [0.2, 0.25) is 5.91 Å². The summed E-state index contributed by atoms with van der Waals surface area (Å²) in [6.45, 7) is 7.88. The molecule has 1 amide bonds. The van der Waals surface area contributed by atoms with E-state index in [4.69, 9.17) is 11.2 Å². The number of allylic oxidation sites excluding steroid dienone is 1. The monoisotopic (exact) mass is 620 g/mol. The predicted octanol–water partition coefficient (Wildman–Crippen LogP) is 7.60. The number of rotatable bonds is 7. The number of alkyl halides is 5. The molecule has 1 aromatic heterocycles. The van der Waals surface area contributed by atoms with Gasteiger partial charge in [-0.25, -0.2) is 18.7 Å². The Morgan fingerprint density at radius 3 is 2.51 bits per heavy atom. The Bertz CT molecular complexity index is 1500. The molecule has 1 aliphatic rings. The fourth-order valence-electron chi connectivity index (χ4n) is 4.33. The van der Waals surface area contributed by atoms with Crippen LogP contribution in [0.5, 0.6) is 5.75 Å². The second-order valence-electron chi connectivity index (χ2n) is 10.2. The summed E-state index contributed by atoms with van der Waals surface area (Å²) < 4.78 is 68.7. The van der Waals surface area contributed by atoms with Gasteiger partial charge in [-0.05, 0) is 51.4 Å². The largest absolute Gasteiger partial charge is 0.460 e. The van der Waals surface area contributed by atoms with Crippen molar-refractivity contribution in [1.82, 2.24) is 15.3 Å². The normalized spacial score (nSPS) is 17.5. The average molecular weight is 621 g/mol. The van der Waals surface area contributed by atoms with Gasteiger partial charge in [0.15, 0.2) is 0 Å². The molecule has 0 aliphatic carbocycles. The number of piperidine rings is 1. The number of carbonyl (C=O) groups excluding carboxylic acids is 1. The van der Waals surface area contributed by atoms with Crippen LogP contribution in [0, 0.1) is 25.2 Å². The molecule has 1 saturated heterocycles. The Kier molecular flexibility index (Phi) is 11.5. The lowest BCUT2D eigenvalue weighted by Gasteiger charge is -2.26. The number of aryl methyl sites for hydroxylation is 1. The molecule has 2 aromatic carbocycles. The Morgan fingerprint density at radius 1 is 1.23 bits per heavy atom. The minimum Gasteiger partial charge on any atom is -0.460 e. The van der Waals surface area contributed by atoms with Crippen molar-refractivity contribution in [2.75, 3.05) is 18.4 Å². The van der Waals surface area contributed by atoms with E-state index in [1.807, 2.05) is 13.8 Å². The Balaban J connectivity index is 0.000000480. The zero-order chi connectivity index (χ0) is 31.8. The van der Waals surface area contributed by atoms with Gasteiger partial charge in [-0.1, -0.05) is 37.1 Å². The van der Waals surface area contributed by atoms with Gasteiger partial charge in [0.25, 0.3) is 5.92 Å². The third-order valence-corrected chi connectivity index (χ3v) is 7.39. The van der Waals surface area contributed by atoms with Crippen LogP contribution in [0.1, 0.15) is 45.1 Å². The lowest BCUT2D eigenvalue weighted by molar-refractivity contribution is -0.150. The third-order valence-electron chi connectivity index (χ3n) is 6.16. The zero-order valence-electron chi connectivity index (χ0n) is 24.2. The summed E-state index contributed by atoms with van der Waals surface area (Å²) >= 11 is 1.42. The van der Waals surface area contributed by atoms with Crippen molar-refractivity contribution >= 4 is 39.0 Å². The molecule has 2 heterocycles. The number of anilines is 1. The average Bonchev–Trinajstić information content (AvgIpc) is 2.91. The van der Waals surface area contributed by atoms with Crippen molar-refractivity contribution in [3.63, 3.8) is 0 Å². The van der Waals surface area contributed by atoms with Crippen LogP contribution in [-0.2, 0) is 4.79 Å². The van der Waals surface area contributed by atoms with Gasteiger partial charge in [0, 0.05) is 29.1 Å². The Morgan fingerprint density at radius 2 is 1.93 bits per heavy atom. The second-order valence-corrected chi connectivity index (χ2v) is 11.5. The van der Waals surface area contributed by atoms with Gasteiger partial charge in [0.1, 0.15) is 23.8 Å². The van der Waals surface area contributed by atoms with Gasteiger partial charge in [-0.3, -0.25) is 4.79 Å². The van der Waals surface area contributed by atoms with Crippen molar-refractivity contribution in [3.05, 3.63) is 65.9 Å². The highest BCUT2D eigenvalue weighted by atomic mass is 32.2. The number of benzene rings is 2. The molecule has 1 fully saturated rings. The molecular weight excluding hydrogens is 587 g/mol. The molecule has 1 aliphatic heterocycles. The van der Waals surface area contributed by atoms with Gasteiger partial charge in [-0.15, -0.1) is 18.2 Å². The number of hydrogen-bond donors (Lipinski definition) is 2. The van der Waals surface area contributed by atoms with E-state index < -0.39 is 24.4 Å². The topological polar surface area (TPSA) is 76.1 Å². The zero-order valence-corrected chi connectivity index (χ0v) is 25.0. The van der Waals surface area contributed by atoms with E-state index in [0.717, 1.165) is 11.4 Å². The van der Waals surface area contributed by atoms with E-state index in [-0.39, 0.29) is 29.8 Å². The second kappa shape index (κ2) is 14.7. The van der Waals surface area contributed by atoms with Crippen molar-refractivity contribution in [2.45, 2.75) is 57.9 Å². The number of fused-ring (bicyclic) bond motifs is 1. The number of hydrogen-bond acceptors (Lipinski definition) is 6. The van der Waals surface area contributed by atoms with E-state index in [0.29, 0.717) is 33.8 Å². The summed E-state index contributed by atoms with van der Waals surface area (Å²) in [6, 6.07) is 11.9. The number of aromatic nitrogens is 2. The highest BCUT2D eigenvalue weighted by molar-refractivity contribution is 8.09. The minimum atomic E-state index is -4.59. The molecule has 6 nitrogen and oxygen atoms in total. The Hall–Kier alpha value is -3.69. The first kappa shape index (κ1) is 33.8. The number of thioether (sulfide) groups is 1. The first-order valence-corrected chi connectivity index (χ1v) is 14.3. The highest BCUT2D eigenvalue weighted by Gasteiger charge is 2.34. The summed E-state index contributed by atoms with van der Waals surface area (Å²) in [6.07, 6.45) is 1.12. The molecule has 0 bridgehead atoms. The Labute approximate surface area is 251 Å². The molecule has 43 heavy (non-hydrogen) atoms. The third kappa shape index (κ3) is 10.5. The van der Waals surface area contributed by atoms with Crippen LogP contribution in [0.15, 0.2) is 54.4 Å². The van der Waals surface area contributed by atoms with Crippen molar-refractivity contribution < 1.29 is 31.5 Å². The smallest absolute Gasteiger partial charge is 0.397 e. The maximum atomic E-state index is 12.6. The van der Waals surface area contributed by atoms with E-state index in [2.05, 4.69) is 26.5 Å². The maximum absolute atomic E-state index is 12.6. The number of halogens is 5. The van der Waals surface area contributed by atoms with Crippen LogP contribution in [-0.4, -0.2) is 46.3 Å². The van der Waals surface area contributed by atoms with Crippen molar-refractivity contribution in [1.29, 1.82) is 0 Å². The first-order valence-electron chi connectivity index (χ1n) is 13.5. The van der Waals surface area contributed by atoms with Crippen molar-refractivity contribution in [3.8, 4) is 18.1 Å². The molecule has 0 saturated carbocycles. The lowest BCUT2D eigenvalue weighted by atomic mass is 9.99. The molecule has 2 N–H and O–H groups in total. The van der Waals surface area contributed by atoms with Gasteiger partial charge in [-0.2, -0.15) is 13.2 Å². The van der Waals surface area contributed by atoms with Gasteiger partial charge in [0.05, 0.1) is 22.4 Å². The van der Waals surface area contributed by atoms with Crippen LogP contribution in [0.4, 0.5) is 27.6 Å². The minimum absolute atomic E-state index is 0.0417.